The molecule has 0 amide bonds. The lowest BCUT2D eigenvalue weighted by molar-refractivity contribution is 0.344. The Labute approximate surface area is 105 Å². The highest BCUT2D eigenvalue weighted by Crippen LogP contribution is 2.26. The minimum Gasteiger partial charge on any atom is -0.321 e. The van der Waals surface area contributed by atoms with Gasteiger partial charge in [-0.05, 0) is 25.2 Å². The van der Waals surface area contributed by atoms with Crippen molar-refractivity contribution >= 4 is 0 Å². The normalized spacial score (nSPS) is 13.2. The Morgan fingerprint density at radius 3 is 2.35 bits per heavy atom. The monoisotopic (exact) mass is 238 g/mol. The number of hydrogen-bond acceptors (Lipinski definition) is 3. The standard InChI is InChI=1S/C13H26N4/c1-4-7-11(8-5-2)12(14)13-15-10-16-17(13)9-6-3/h10-12H,4-9,14H2,1-3H3. The van der Waals surface area contributed by atoms with E-state index in [0.29, 0.717) is 5.92 Å². The zero-order valence-electron chi connectivity index (χ0n) is 11.4. The third kappa shape index (κ3) is 3.80. The average molecular weight is 238 g/mol. The number of rotatable bonds is 8. The van der Waals surface area contributed by atoms with E-state index >= 15 is 0 Å². The number of nitrogens with zero attached hydrogens (tertiary/aromatic N) is 3. The number of nitrogens with two attached hydrogens (primary N) is 1. The smallest absolute Gasteiger partial charge is 0.144 e. The highest BCUT2D eigenvalue weighted by atomic mass is 15.3. The van der Waals surface area contributed by atoms with Gasteiger partial charge in [-0.1, -0.05) is 33.6 Å². The Kier molecular flexibility index (Phi) is 6.19. The van der Waals surface area contributed by atoms with Crippen LogP contribution in [-0.2, 0) is 6.54 Å². The summed E-state index contributed by atoms with van der Waals surface area (Å²) in [6.45, 7) is 7.48. The van der Waals surface area contributed by atoms with Crippen LogP contribution in [0.25, 0.3) is 0 Å². The van der Waals surface area contributed by atoms with Crippen molar-refractivity contribution in [2.24, 2.45) is 11.7 Å². The van der Waals surface area contributed by atoms with Crippen LogP contribution in [0.2, 0.25) is 0 Å². The highest BCUT2D eigenvalue weighted by molar-refractivity contribution is 4.96. The lowest BCUT2D eigenvalue weighted by Crippen LogP contribution is -2.25. The third-order valence-corrected chi connectivity index (χ3v) is 3.21. The lowest BCUT2D eigenvalue weighted by atomic mass is 9.90. The Bertz CT molecular complexity index is 302. The van der Waals surface area contributed by atoms with Gasteiger partial charge in [-0.15, -0.1) is 0 Å². The first kappa shape index (κ1) is 14.2. The Balaban J connectivity index is 2.76. The molecule has 0 radical (unpaired) electrons. The molecular weight excluding hydrogens is 212 g/mol. The van der Waals surface area contributed by atoms with Crippen molar-refractivity contribution in [3.63, 3.8) is 0 Å². The van der Waals surface area contributed by atoms with Gasteiger partial charge < -0.3 is 5.73 Å². The maximum atomic E-state index is 6.36. The summed E-state index contributed by atoms with van der Waals surface area (Å²) in [5, 5.41) is 4.26. The molecule has 0 saturated heterocycles. The predicted molar refractivity (Wildman–Crippen MR) is 70.5 cm³/mol. The fourth-order valence-electron chi connectivity index (χ4n) is 2.37. The summed E-state index contributed by atoms with van der Waals surface area (Å²) < 4.78 is 1.96. The summed E-state index contributed by atoms with van der Waals surface area (Å²) in [6, 6.07) is 0.0314. The second-order valence-corrected chi connectivity index (χ2v) is 4.70. The van der Waals surface area contributed by atoms with Crippen molar-refractivity contribution in [2.45, 2.75) is 65.5 Å². The minimum absolute atomic E-state index is 0.0314. The quantitative estimate of drug-likeness (QED) is 0.757. The van der Waals surface area contributed by atoms with E-state index in [0.717, 1.165) is 18.8 Å². The van der Waals surface area contributed by atoms with E-state index < -0.39 is 0 Å². The van der Waals surface area contributed by atoms with E-state index in [1.165, 1.54) is 25.7 Å². The molecule has 1 atom stereocenters. The van der Waals surface area contributed by atoms with Crippen molar-refractivity contribution in [2.75, 3.05) is 0 Å². The van der Waals surface area contributed by atoms with Gasteiger partial charge in [0.05, 0.1) is 6.04 Å². The maximum absolute atomic E-state index is 6.36. The summed E-state index contributed by atoms with van der Waals surface area (Å²) in [5.41, 5.74) is 6.36. The first-order valence-electron chi connectivity index (χ1n) is 6.87. The first-order valence-corrected chi connectivity index (χ1v) is 6.87. The second-order valence-electron chi connectivity index (χ2n) is 4.70. The van der Waals surface area contributed by atoms with Crippen LogP contribution in [0.4, 0.5) is 0 Å². The molecular formula is C13H26N4. The Morgan fingerprint density at radius 2 is 1.82 bits per heavy atom. The number of hydrogen-bond donors (Lipinski definition) is 1. The van der Waals surface area contributed by atoms with Gasteiger partial charge in [0, 0.05) is 6.54 Å². The molecule has 0 aromatic carbocycles. The topological polar surface area (TPSA) is 56.7 Å². The molecule has 0 aliphatic heterocycles. The molecule has 2 N–H and O–H groups in total. The van der Waals surface area contributed by atoms with Crippen molar-refractivity contribution in [3.05, 3.63) is 12.2 Å². The molecule has 0 aliphatic rings. The predicted octanol–water partition coefficient (Wildman–Crippen LogP) is 2.90. The molecule has 4 heteroatoms. The van der Waals surface area contributed by atoms with Crippen molar-refractivity contribution < 1.29 is 0 Å². The summed E-state index contributed by atoms with van der Waals surface area (Å²) in [5.74, 6) is 1.49. The minimum atomic E-state index is 0.0314. The summed E-state index contributed by atoms with van der Waals surface area (Å²) in [4.78, 5) is 4.35. The molecule has 17 heavy (non-hydrogen) atoms. The van der Waals surface area contributed by atoms with Crippen molar-refractivity contribution in [1.82, 2.24) is 14.8 Å². The van der Waals surface area contributed by atoms with Crippen molar-refractivity contribution in [1.29, 1.82) is 0 Å². The molecule has 0 spiro atoms. The van der Waals surface area contributed by atoms with Gasteiger partial charge in [0.15, 0.2) is 0 Å². The highest BCUT2D eigenvalue weighted by Gasteiger charge is 2.22. The molecule has 0 bridgehead atoms. The molecule has 0 aliphatic carbocycles. The van der Waals surface area contributed by atoms with Crippen LogP contribution in [0.15, 0.2) is 6.33 Å². The molecule has 4 nitrogen and oxygen atoms in total. The van der Waals surface area contributed by atoms with Crippen LogP contribution in [0, 0.1) is 5.92 Å². The van der Waals surface area contributed by atoms with Gasteiger partial charge in [-0.25, -0.2) is 9.67 Å². The van der Waals surface area contributed by atoms with Crippen LogP contribution >= 0.6 is 0 Å². The lowest BCUT2D eigenvalue weighted by Gasteiger charge is -2.22. The fourth-order valence-corrected chi connectivity index (χ4v) is 2.37. The third-order valence-electron chi connectivity index (χ3n) is 3.21. The summed E-state index contributed by atoms with van der Waals surface area (Å²) in [6.07, 6.45) is 7.40. The van der Waals surface area contributed by atoms with E-state index in [1.54, 1.807) is 6.33 Å². The molecule has 1 aromatic heterocycles. The van der Waals surface area contributed by atoms with Crippen LogP contribution in [0.3, 0.4) is 0 Å². The van der Waals surface area contributed by atoms with Gasteiger partial charge in [0.1, 0.15) is 12.2 Å². The van der Waals surface area contributed by atoms with E-state index in [1.807, 2.05) is 4.68 Å². The van der Waals surface area contributed by atoms with E-state index in [9.17, 15) is 0 Å². The van der Waals surface area contributed by atoms with Gasteiger partial charge >= 0.3 is 0 Å². The molecule has 98 valence electrons. The van der Waals surface area contributed by atoms with Crippen LogP contribution in [-0.4, -0.2) is 14.8 Å². The van der Waals surface area contributed by atoms with Gasteiger partial charge in [0.2, 0.25) is 0 Å². The molecule has 0 saturated carbocycles. The SMILES string of the molecule is CCCC(CCC)C(N)c1ncnn1CCC. The summed E-state index contributed by atoms with van der Waals surface area (Å²) >= 11 is 0. The molecule has 1 rings (SSSR count). The van der Waals surface area contributed by atoms with Crippen LogP contribution < -0.4 is 5.73 Å². The van der Waals surface area contributed by atoms with Crippen molar-refractivity contribution in [3.8, 4) is 0 Å². The molecule has 0 fully saturated rings. The Hall–Kier alpha value is -0.900. The number of aryl methyl sites for hydroxylation is 1. The van der Waals surface area contributed by atoms with Gasteiger partial charge in [-0.3, -0.25) is 0 Å². The van der Waals surface area contributed by atoms with Crippen LogP contribution in [0.5, 0.6) is 0 Å². The largest absolute Gasteiger partial charge is 0.321 e. The van der Waals surface area contributed by atoms with Gasteiger partial charge in [-0.2, -0.15) is 5.10 Å². The molecule has 1 aromatic rings. The Morgan fingerprint density at radius 1 is 1.18 bits per heavy atom. The van der Waals surface area contributed by atoms with E-state index in [4.69, 9.17) is 5.73 Å². The molecule has 1 unspecified atom stereocenters. The van der Waals surface area contributed by atoms with Gasteiger partial charge in [0.25, 0.3) is 0 Å². The average Bonchev–Trinajstić information content (AvgIpc) is 2.77. The molecule has 1 heterocycles. The fraction of sp³-hybridized carbons (Fsp3) is 0.846. The van der Waals surface area contributed by atoms with E-state index in [-0.39, 0.29) is 6.04 Å². The maximum Gasteiger partial charge on any atom is 0.144 e. The van der Waals surface area contributed by atoms with Crippen LogP contribution in [0.1, 0.15) is 64.7 Å². The van der Waals surface area contributed by atoms with E-state index in [2.05, 4.69) is 30.9 Å². The number of aromatic nitrogens is 3. The second kappa shape index (κ2) is 7.43. The zero-order chi connectivity index (χ0) is 12.7. The zero-order valence-corrected chi connectivity index (χ0v) is 11.4. The first-order chi connectivity index (χ1) is 8.24. The summed E-state index contributed by atoms with van der Waals surface area (Å²) in [7, 11) is 0.